The molecule has 0 radical (unpaired) electrons. The molecule has 0 saturated carbocycles. The molecule has 5 nitrogen and oxygen atoms in total. The van der Waals surface area contributed by atoms with E-state index < -0.39 is 0 Å². The highest BCUT2D eigenvalue weighted by Crippen LogP contribution is 2.37. The highest BCUT2D eigenvalue weighted by atomic mass is 127. The standard InChI is InChI=1S/C28H26IN2O3P/c1-3-25(21-6-5-7-24(32)17-21)28(22-13-14-26-23(16-22)18-30-31(26)35-29)20-11-8-19(9-12-20)10-15-27(33)34-4-2/h5-18,32,35H,3-4H2,1-2H3/b15-10+,28-25+. The molecular weight excluding hydrogens is 570 g/mol. The number of rotatable bonds is 8. The summed E-state index contributed by atoms with van der Waals surface area (Å²) < 4.78 is 6.98. The number of hydrogen-bond acceptors (Lipinski definition) is 4. The number of fused-ring (bicyclic) bond motifs is 1. The Morgan fingerprint density at radius 3 is 2.51 bits per heavy atom. The molecular formula is C28H26IN2O3P. The lowest BCUT2D eigenvalue weighted by atomic mass is 9.87. The number of aromatic nitrogens is 2. The number of aromatic hydroxyl groups is 1. The van der Waals surface area contributed by atoms with Gasteiger partial charge in [0.05, 0.1) is 24.7 Å². The summed E-state index contributed by atoms with van der Waals surface area (Å²) in [7, 11) is 0. The van der Waals surface area contributed by atoms with Gasteiger partial charge in [-0.25, -0.2) is 9.25 Å². The Kier molecular flexibility index (Phi) is 8.37. The number of benzene rings is 3. The Labute approximate surface area is 219 Å². The molecule has 0 bridgehead atoms. The third-order valence-corrected chi connectivity index (χ3v) is 7.57. The van der Waals surface area contributed by atoms with E-state index in [1.165, 1.54) is 6.08 Å². The molecule has 178 valence electrons. The van der Waals surface area contributed by atoms with E-state index in [0.29, 0.717) is 13.0 Å². The van der Waals surface area contributed by atoms with Crippen molar-refractivity contribution in [2.24, 2.45) is 0 Å². The molecule has 4 rings (SSSR count). The lowest BCUT2D eigenvalue weighted by Gasteiger charge is -2.17. The molecule has 4 aromatic rings. The van der Waals surface area contributed by atoms with Gasteiger partial charge in [0.25, 0.3) is 0 Å². The van der Waals surface area contributed by atoms with Crippen molar-refractivity contribution in [1.82, 2.24) is 9.55 Å². The highest BCUT2D eigenvalue weighted by Gasteiger charge is 2.15. The Balaban J connectivity index is 1.84. The van der Waals surface area contributed by atoms with Crippen LogP contribution in [-0.2, 0) is 9.53 Å². The van der Waals surface area contributed by atoms with Gasteiger partial charge < -0.3 is 9.84 Å². The second kappa shape index (κ2) is 11.6. The number of hydrogen-bond donors (Lipinski definition) is 1. The van der Waals surface area contributed by atoms with Gasteiger partial charge in [-0.1, -0.05) is 49.4 Å². The van der Waals surface area contributed by atoms with Crippen LogP contribution in [0.25, 0.3) is 28.1 Å². The van der Waals surface area contributed by atoms with Gasteiger partial charge in [0.15, 0.2) is 0 Å². The zero-order valence-corrected chi connectivity index (χ0v) is 22.7. The summed E-state index contributed by atoms with van der Waals surface area (Å²) in [5.41, 5.74) is 7.39. The largest absolute Gasteiger partial charge is 0.508 e. The van der Waals surface area contributed by atoms with E-state index in [0.717, 1.165) is 50.7 Å². The second-order valence-corrected chi connectivity index (χ2v) is 9.92. The van der Waals surface area contributed by atoms with Crippen LogP contribution in [-0.4, -0.2) is 27.2 Å². The van der Waals surface area contributed by atoms with Crippen LogP contribution >= 0.6 is 28.4 Å². The van der Waals surface area contributed by atoms with Crippen LogP contribution in [0.3, 0.4) is 0 Å². The first-order valence-corrected chi connectivity index (χ1v) is 15.4. The average Bonchev–Trinajstić information content (AvgIpc) is 3.29. The summed E-state index contributed by atoms with van der Waals surface area (Å²) in [6, 6.07) is 22.0. The quantitative estimate of drug-likeness (QED) is 0.0754. The number of ether oxygens (including phenoxy) is 1. The van der Waals surface area contributed by atoms with E-state index in [1.807, 2.05) is 41.0 Å². The first-order chi connectivity index (χ1) is 17.0. The van der Waals surface area contributed by atoms with E-state index in [2.05, 4.69) is 64.4 Å². The van der Waals surface area contributed by atoms with Crippen LogP contribution in [0.2, 0.25) is 0 Å². The smallest absolute Gasteiger partial charge is 0.330 e. The molecule has 1 heterocycles. The van der Waals surface area contributed by atoms with Gasteiger partial charge in [0, 0.05) is 11.5 Å². The van der Waals surface area contributed by atoms with E-state index >= 15 is 0 Å². The SMILES string of the molecule is CCOC(=O)/C=C/c1ccc(/C(=C(/CC)c2cccc(O)c2)c2ccc3c(cnn3PI)c2)cc1. The molecule has 0 aliphatic carbocycles. The Morgan fingerprint density at radius 2 is 1.83 bits per heavy atom. The van der Waals surface area contributed by atoms with Crippen molar-refractivity contribution in [2.45, 2.75) is 20.3 Å². The molecule has 1 aromatic heterocycles. The maximum atomic E-state index is 11.7. The third-order valence-electron chi connectivity index (χ3n) is 5.68. The van der Waals surface area contributed by atoms with Crippen molar-refractivity contribution in [3.63, 3.8) is 0 Å². The van der Waals surface area contributed by atoms with E-state index in [4.69, 9.17) is 4.74 Å². The molecule has 0 aliphatic rings. The fourth-order valence-electron chi connectivity index (χ4n) is 4.11. The lowest BCUT2D eigenvalue weighted by Crippen LogP contribution is -1.98. The maximum Gasteiger partial charge on any atom is 0.330 e. The number of phenolic OH excluding ortho intramolecular Hbond substituents is 1. The van der Waals surface area contributed by atoms with E-state index in [9.17, 15) is 9.90 Å². The summed E-state index contributed by atoms with van der Waals surface area (Å²) in [5.74, 6) is -0.109. The van der Waals surface area contributed by atoms with Gasteiger partial charge in [-0.15, -0.1) is 0 Å². The fourth-order valence-corrected chi connectivity index (χ4v) is 5.65. The third kappa shape index (κ3) is 5.82. The Bertz CT molecular complexity index is 1410. The molecule has 35 heavy (non-hydrogen) atoms. The average molecular weight is 596 g/mol. The predicted molar refractivity (Wildman–Crippen MR) is 154 cm³/mol. The molecule has 0 aliphatic heterocycles. The number of esters is 1. The molecule has 1 atom stereocenters. The summed E-state index contributed by atoms with van der Waals surface area (Å²) in [6.45, 7) is 4.27. The number of nitrogens with zero attached hydrogens (tertiary/aromatic N) is 2. The molecule has 1 N–H and O–H groups in total. The topological polar surface area (TPSA) is 64.3 Å². The highest BCUT2D eigenvalue weighted by molar-refractivity contribution is 14.2. The Hall–Kier alpha value is -2.96. The van der Waals surface area contributed by atoms with Crippen LogP contribution in [0.5, 0.6) is 5.75 Å². The van der Waals surface area contributed by atoms with Gasteiger partial charge in [-0.3, -0.25) is 0 Å². The molecule has 1 unspecified atom stereocenters. The summed E-state index contributed by atoms with van der Waals surface area (Å²) in [5, 5.41) is 15.7. The predicted octanol–water partition coefficient (Wildman–Crippen LogP) is 7.48. The maximum absolute atomic E-state index is 11.7. The van der Waals surface area contributed by atoms with Gasteiger partial charge in [0.2, 0.25) is 0 Å². The van der Waals surface area contributed by atoms with Gasteiger partial charge in [0.1, 0.15) is 5.75 Å². The minimum Gasteiger partial charge on any atom is -0.508 e. The minimum atomic E-state index is -0.352. The number of phenols is 1. The molecule has 0 fully saturated rings. The van der Waals surface area contributed by atoms with Crippen LogP contribution in [0.15, 0.2) is 79.0 Å². The van der Waals surface area contributed by atoms with Gasteiger partial charge >= 0.3 is 5.97 Å². The number of allylic oxidation sites excluding steroid dienone is 1. The fraction of sp³-hybridized carbons (Fsp3) is 0.143. The Morgan fingerprint density at radius 1 is 1.06 bits per heavy atom. The van der Waals surface area contributed by atoms with Crippen LogP contribution in [0.4, 0.5) is 0 Å². The van der Waals surface area contributed by atoms with Crippen LogP contribution < -0.4 is 0 Å². The van der Waals surface area contributed by atoms with Crippen LogP contribution in [0, 0.1) is 0 Å². The van der Waals surface area contributed by atoms with Gasteiger partial charge in [-0.2, -0.15) is 5.10 Å². The molecule has 0 saturated heterocycles. The summed E-state index contributed by atoms with van der Waals surface area (Å²) in [4.78, 5) is 11.7. The molecule has 0 amide bonds. The second-order valence-electron chi connectivity index (χ2n) is 7.88. The normalized spacial score (nSPS) is 12.5. The van der Waals surface area contributed by atoms with Crippen molar-refractivity contribution in [1.29, 1.82) is 0 Å². The van der Waals surface area contributed by atoms with Crippen molar-refractivity contribution in [3.05, 3.63) is 101 Å². The van der Waals surface area contributed by atoms with Crippen molar-refractivity contribution in [3.8, 4) is 5.75 Å². The number of halogens is 1. The van der Waals surface area contributed by atoms with Crippen molar-refractivity contribution in [2.75, 3.05) is 6.61 Å². The minimum absolute atomic E-state index is 0.243. The number of carbonyl (C=O) groups is 1. The molecule has 7 heteroatoms. The summed E-state index contributed by atoms with van der Waals surface area (Å²) >= 11 is 2.34. The number of carbonyl (C=O) groups excluding carboxylic acids is 1. The summed E-state index contributed by atoms with van der Waals surface area (Å²) in [6.07, 6.45) is 6.43. The lowest BCUT2D eigenvalue weighted by molar-refractivity contribution is -0.137. The van der Waals surface area contributed by atoms with Crippen LogP contribution in [0.1, 0.15) is 42.5 Å². The van der Waals surface area contributed by atoms with Gasteiger partial charge in [-0.05, 0) is 99.1 Å². The monoisotopic (exact) mass is 596 g/mol. The zero-order chi connectivity index (χ0) is 24.8. The molecule has 3 aromatic carbocycles. The first-order valence-electron chi connectivity index (χ1n) is 11.4. The van der Waals surface area contributed by atoms with Crippen molar-refractivity contribution >= 4 is 62.5 Å². The zero-order valence-electron chi connectivity index (χ0n) is 19.5. The van der Waals surface area contributed by atoms with E-state index in [1.54, 1.807) is 19.1 Å². The first kappa shape index (κ1) is 25.1. The van der Waals surface area contributed by atoms with Crippen molar-refractivity contribution < 1.29 is 14.6 Å². The van der Waals surface area contributed by atoms with E-state index in [-0.39, 0.29) is 11.7 Å². The molecule has 0 spiro atoms.